The highest BCUT2D eigenvalue weighted by Crippen LogP contribution is 2.48. The second-order valence-electron chi connectivity index (χ2n) is 14.7. The molecule has 7 rings (SSSR count). The van der Waals surface area contributed by atoms with Gasteiger partial charge in [-0.15, -0.1) is 0 Å². The summed E-state index contributed by atoms with van der Waals surface area (Å²) in [7, 11) is -4.60. The zero-order chi connectivity index (χ0) is 33.1. The zero-order valence-corrected chi connectivity index (χ0v) is 30.1. The molecule has 1 N–H and O–H groups in total. The lowest BCUT2D eigenvalue weighted by Crippen LogP contribution is -2.20. The van der Waals surface area contributed by atoms with Crippen LogP contribution < -0.4 is 0 Å². The molecule has 0 spiro atoms. The van der Waals surface area contributed by atoms with Crippen LogP contribution in [0.3, 0.4) is 0 Å². The average molecular weight is 680 g/mol. The van der Waals surface area contributed by atoms with Gasteiger partial charge in [-0.05, 0) is 134 Å². The summed E-state index contributed by atoms with van der Waals surface area (Å²) in [5, 5.41) is 0. The van der Waals surface area contributed by atoms with Crippen LogP contribution in [0.2, 0.25) is 0 Å². The van der Waals surface area contributed by atoms with E-state index in [1.807, 2.05) is 0 Å². The predicted molar refractivity (Wildman–Crippen MR) is 198 cm³/mol. The molecule has 3 nitrogen and oxygen atoms in total. The summed E-state index contributed by atoms with van der Waals surface area (Å²) in [6, 6.07) is 33.5. The Morgan fingerprint density at radius 1 is 0.542 bits per heavy atom. The van der Waals surface area contributed by atoms with Gasteiger partial charge in [0.05, 0.1) is 10.9 Å². The summed E-state index contributed by atoms with van der Waals surface area (Å²) < 4.78 is 37.6. The first-order valence-corrected chi connectivity index (χ1v) is 21.1. The Hall–Kier alpha value is -2.86. The molecule has 4 aromatic rings. The molecule has 0 amide bonds. The van der Waals surface area contributed by atoms with Crippen LogP contribution in [0.15, 0.2) is 111 Å². The molecule has 0 heterocycles. The minimum absolute atomic E-state index is 0.111. The summed E-state index contributed by atoms with van der Waals surface area (Å²) in [5.41, 5.74) is 5.77. The largest absolute Gasteiger partial charge is 0.295 e. The lowest BCUT2D eigenvalue weighted by Gasteiger charge is -2.34. The third-order valence-corrected chi connectivity index (χ3v) is 14.7. The van der Waals surface area contributed by atoms with Crippen LogP contribution >= 0.6 is 0 Å². The molecule has 48 heavy (non-hydrogen) atoms. The predicted octanol–water partition coefficient (Wildman–Crippen LogP) is 11.9. The van der Waals surface area contributed by atoms with Gasteiger partial charge in [0.1, 0.15) is 4.90 Å². The smallest absolute Gasteiger partial charge is 0.282 e. The summed E-state index contributed by atoms with van der Waals surface area (Å²) in [5.74, 6) is 1.16. The maximum absolute atomic E-state index is 13.4. The van der Waals surface area contributed by atoms with Gasteiger partial charge in [-0.2, -0.15) is 8.42 Å². The summed E-state index contributed by atoms with van der Waals surface area (Å²) in [4.78, 5) is 4.21. The van der Waals surface area contributed by atoms with E-state index in [4.69, 9.17) is 0 Å². The first-order chi connectivity index (χ1) is 23.3. The Morgan fingerprint density at radius 2 is 1.10 bits per heavy atom. The molecule has 0 aromatic heterocycles. The normalized spacial score (nSPS) is 22.0. The van der Waals surface area contributed by atoms with Gasteiger partial charge in [-0.25, -0.2) is 0 Å². The lowest BCUT2D eigenvalue weighted by molar-refractivity contribution is 0.383. The summed E-state index contributed by atoms with van der Waals surface area (Å²) in [6.07, 6.45) is 15.7. The van der Waals surface area contributed by atoms with Gasteiger partial charge < -0.3 is 0 Å². The standard InChI is InChI=1S/C43H50O3S2/c1-31-23-25-39(26-24-31)47(38-20-9-4-10-21-38)40-22-12-18-35(28-40)34-17-11-19-36(27-34)42-30-37(32-13-5-2-6-14-32)29-41(43(42)48(44,45)46)33-15-7-3-8-16-33/h4,9-10,12,18,20-26,28-30,32-34,36H,2-3,5-8,11,13-17,19,27H2,1H3/p+1. The monoisotopic (exact) mass is 679 g/mol. The van der Waals surface area contributed by atoms with E-state index in [9.17, 15) is 13.0 Å². The number of benzene rings is 4. The van der Waals surface area contributed by atoms with E-state index >= 15 is 0 Å². The van der Waals surface area contributed by atoms with Crippen LogP contribution in [-0.4, -0.2) is 13.0 Å². The van der Waals surface area contributed by atoms with E-state index < -0.39 is 10.1 Å². The molecule has 3 aliphatic rings. The van der Waals surface area contributed by atoms with Gasteiger partial charge in [0.25, 0.3) is 10.1 Å². The minimum atomic E-state index is -4.37. The van der Waals surface area contributed by atoms with E-state index in [1.54, 1.807) is 0 Å². The average Bonchev–Trinajstić information content (AvgIpc) is 3.13. The van der Waals surface area contributed by atoms with Crippen molar-refractivity contribution in [3.05, 3.63) is 119 Å². The number of rotatable bonds is 8. The van der Waals surface area contributed by atoms with E-state index in [1.165, 1.54) is 69.9 Å². The molecule has 3 fully saturated rings. The van der Waals surface area contributed by atoms with Gasteiger partial charge in [0.2, 0.25) is 0 Å². The molecular formula is C43H51O3S2+. The van der Waals surface area contributed by atoms with Crippen LogP contribution in [0.4, 0.5) is 0 Å². The molecule has 0 saturated heterocycles. The minimum Gasteiger partial charge on any atom is -0.282 e. The van der Waals surface area contributed by atoms with Gasteiger partial charge >= 0.3 is 0 Å². The third kappa shape index (κ3) is 7.49. The van der Waals surface area contributed by atoms with Crippen molar-refractivity contribution in [2.24, 2.45) is 0 Å². The van der Waals surface area contributed by atoms with Crippen molar-refractivity contribution in [2.75, 3.05) is 0 Å². The quantitative estimate of drug-likeness (QED) is 0.149. The third-order valence-electron chi connectivity index (χ3n) is 11.5. The topological polar surface area (TPSA) is 54.4 Å². The first-order valence-electron chi connectivity index (χ1n) is 18.5. The Bertz CT molecular complexity index is 1790. The SMILES string of the molecule is Cc1ccc([S+](c2ccccc2)c2cccc(C3CCCC(c4cc(C5CCCCC5)cc(C5CCCCC5)c4S(=O)(=O)O)C3)c2)cc1. The van der Waals surface area contributed by atoms with E-state index in [0.29, 0.717) is 11.8 Å². The number of hydrogen-bond donors (Lipinski definition) is 1. The Balaban J connectivity index is 1.26. The summed E-state index contributed by atoms with van der Waals surface area (Å²) in [6.45, 7) is 2.14. The molecule has 0 aliphatic heterocycles. The molecule has 252 valence electrons. The second-order valence-corrected chi connectivity index (χ2v) is 18.1. The van der Waals surface area contributed by atoms with Gasteiger partial charge in [0.15, 0.2) is 14.7 Å². The van der Waals surface area contributed by atoms with Crippen molar-refractivity contribution in [1.82, 2.24) is 0 Å². The number of hydrogen-bond acceptors (Lipinski definition) is 2. The molecule has 3 atom stereocenters. The molecule has 0 bridgehead atoms. The Morgan fingerprint density at radius 3 is 1.77 bits per heavy atom. The number of aryl methyl sites for hydroxylation is 1. The molecular weight excluding hydrogens is 629 g/mol. The molecule has 5 heteroatoms. The van der Waals surface area contributed by atoms with Gasteiger partial charge in [0, 0.05) is 0 Å². The molecule has 3 saturated carbocycles. The van der Waals surface area contributed by atoms with E-state index in [0.717, 1.165) is 62.5 Å². The highest BCUT2D eigenvalue weighted by molar-refractivity contribution is 7.97. The zero-order valence-electron chi connectivity index (χ0n) is 28.4. The van der Waals surface area contributed by atoms with Crippen LogP contribution in [0, 0.1) is 6.92 Å². The van der Waals surface area contributed by atoms with Crippen molar-refractivity contribution in [1.29, 1.82) is 0 Å². The van der Waals surface area contributed by atoms with Crippen molar-refractivity contribution in [3.8, 4) is 0 Å². The van der Waals surface area contributed by atoms with Crippen LogP contribution in [0.5, 0.6) is 0 Å². The second kappa shape index (κ2) is 14.9. The summed E-state index contributed by atoms with van der Waals surface area (Å²) >= 11 is 0. The van der Waals surface area contributed by atoms with Gasteiger partial charge in [-0.3, -0.25) is 4.55 Å². The fourth-order valence-electron chi connectivity index (χ4n) is 9.00. The van der Waals surface area contributed by atoms with Crippen molar-refractivity contribution in [2.45, 2.75) is 140 Å². The van der Waals surface area contributed by atoms with Crippen molar-refractivity contribution < 1.29 is 13.0 Å². The molecule has 0 radical (unpaired) electrons. The highest BCUT2D eigenvalue weighted by atomic mass is 32.2. The van der Waals surface area contributed by atoms with Crippen molar-refractivity contribution >= 4 is 21.0 Å². The van der Waals surface area contributed by atoms with Crippen LogP contribution in [-0.2, 0) is 21.0 Å². The lowest BCUT2D eigenvalue weighted by atomic mass is 9.72. The maximum Gasteiger partial charge on any atom is 0.295 e. The first kappa shape index (κ1) is 33.6. The molecule has 4 aromatic carbocycles. The van der Waals surface area contributed by atoms with Crippen molar-refractivity contribution in [3.63, 3.8) is 0 Å². The molecule has 3 unspecified atom stereocenters. The Kier molecular flexibility index (Phi) is 10.5. The van der Waals surface area contributed by atoms with E-state index in [-0.39, 0.29) is 27.6 Å². The fourth-order valence-corrected chi connectivity index (χ4v) is 12.2. The van der Waals surface area contributed by atoms with Crippen LogP contribution in [0.25, 0.3) is 0 Å². The van der Waals surface area contributed by atoms with Gasteiger partial charge in [-0.1, -0.05) is 105 Å². The molecule has 3 aliphatic carbocycles. The van der Waals surface area contributed by atoms with Crippen LogP contribution in [0.1, 0.15) is 141 Å². The maximum atomic E-state index is 13.4. The van der Waals surface area contributed by atoms with E-state index in [2.05, 4.69) is 97.9 Å². The fraction of sp³-hybridized carbons (Fsp3) is 0.442. The Labute approximate surface area is 291 Å². The highest BCUT2D eigenvalue weighted by Gasteiger charge is 2.35.